The van der Waals surface area contributed by atoms with Crippen LogP contribution in [0.15, 0.2) is 42.5 Å². The molecule has 4 nitrogen and oxygen atoms in total. The van der Waals surface area contributed by atoms with Gasteiger partial charge in [-0.15, -0.1) is 0 Å². The summed E-state index contributed by atoms with van der Waals surface area (Å²) in [5.41, 5.74) is 7.10. The first-order chi connectivity index (χ1) is 10.1. The number of carbonyl (C=O) groups is 1. The maximum Gasteiger partial charge on any atom is 0.251 e. The van der Waals surface area contributed by atoms with Crippen molar-refractivity contribution in [2.45, 2.75) is 13.5 Å². The van der Waals surface area contributed by atoms with Crippen LogP contribution in [-0.4, -0.2) is 12.5 Å². The van der Waals surface area contributed by atoms with Crippen LogP contribution in [0.3, 0.4) is 0 Å². The molecular weight excluding hydrogens is 271 g/mol. The highest BCUT2D eigenvalue weighted by Gasteiger charge is 2.09. The fourth-order valence-corrected chi connectivity index (χ4v) is 1.83. The summed E-state index contributed by atoms with van der Waals surface area (Å²) in [7, 11) is 0. The van der Waals surface area contributed by atoms with Gasteiger partial charge in [0.15, 0.2) is 0 Å². The molecule has 0 fully saturated rings. The zero-order valence-electron chi connectivity index (χ0n) is 11.7. The van der Waals surface area contributed by atoms with Gasteiger partial charge in [0.25, 0.3) is 5.91 Å². The number of hydrogen-bond donors (Lipinski definition) is 2. The lowest BCUT2D eigenvalue weighted by atomic mass is 10.1. The van der Waals surface area contributed by atoms with Gasteiger partial charge in [-0.3, -0.25) is 4.79 Å². The quantitative estimate of drug-likeness (QED) is 0.831. The molecule has 5 heteroatoms. The molecule has 0 aliphatic heterocycles. The summed E-state index contributed by atoms with van der Waals surface area (Å²) in [5, 5.41) is 2.70. The highest BCUT2D eigenvalue weighted by Crippen LogP contribution is 2.24. The van der Waals surface area contributed by atoms with E-state index in [1.165, 1.54) is 6.07 Å². The highest BCUT2D eigenvalue weighted by molar-refractivity contribution is 5.95. The molecule has 1 amide bonds. The highest BCUT2D eigenvalue weighted by atomic mass is 19.1. The fourth-order valence-electron chi connectivity index (χ4n) is 1.83. The molecule has 0 saturated carbocycles. The number of nitrogen functional groups attached to an aromatic ring is 1. The number of ether oxygens (including phenoxy) is 1. The predicted octanol–water partition coefficient (Wildman–Crippen LogP) is 2.74. The van der Waals surface area contributed by atoms with Crippen molar-refractivity contribution >= 4 is 11.6 Å². The molecule has 110 valence electrons. The Balaban J connectivity index is 2.14. The topological polar surface area (TPSA) is 64.4 Å². The first-order valence-electron chi connectivity index (χ1n) is 6.65. The smallest absolute Gasteiger partial charge is 0.251 e. The minimum atomic E-state index is -0.337. The maximum absolute atomic E-state index is 13.5. The van der Waals surface area contributed by atoms with Crippen molar-refractivity contribution in [2.24, 2.45) is 0 Å². The number of nitrogens with two attached hydrogens (primary N) is 1. The van der Waals surface area contributed by atoms with E-state index in [1.807, 2.05) is 6.92 Å². The number of benzene rings is 2. The van der Waals surface area contributed by atoms with Gasteiger partial charge in [-0.05, 0) is 31.2 Å². The number of rotatable bonds is 5. The third-order valence-electron chi connectivity index (χ3n) is 2.95. The van der Waals surface area contributed by atoms with Gasteiger partial charge in [0.05, 0.1) is 5.69 Å². The van der Waals surface area contributed by atoms with E-state index >= 15 is 0 Å². The Morgan fingerprint density at radius 1 is 1.29 bits per heavy atom. The Labute approximate surface area is 122 Å². The van der Waals surface area contributed by atoms with Crippen molar-refractivity contribution in [1.29, 1.82) is 0 Å². The zero-order chi connectivity index (χ0) is 15.2. The van der Waals surface area contributed by atoms with Crippen LogP contribution in [0, 0.1) is 5.82 Å². The zero-order valence-corrected chi connectivity index (χ0v) is 11.7. The first-order valence-corrected chi connectivity index (χ1v) is 6.65. The monoisotopic (exact) mass is 288 g/mol. The molecule has 21 heavy (non-hydrogen) atoms. The second kappa shape index (κ2) is 6.74. The molecule has 0 aromatic heterocycles. The Hall–Kier alpha value is -2.56. The standard InChI is InChI=1S/C16H17FN2O2/c1-2-19-16(20)11-7-8-14(18)15(9-11)21-10-12-5-3-4-6-13(12)17/h3-9H,2,10,18H2,1H3,(H,19,20). The molecule has 0 aliphatic rings. The Morgan fingerprint density at radius 3 is 2.76 bits per heavy atom. The molecule has 2 rings (SSSR count). The third-order valence-corrected chi connectivity index (χ3v) is 2.95. The second-order valence-electron chi connectivity index (χ2n) is 4.49. The van der Waals surface area contributed by atoms with Gasteiger partial charge < -0.3 is 15.8 Å². The van der Waals surface area contributed by atoms with Crippen LogP contribution in [0.25, 0.3) is 0 Å². The van der Waals surface area contributed by atoms with Gasteiger partial charge in [-0.2, -0.15) is 0 Å². The largest absolute Gasteiger partial charge is 0.487 e. The number of nitrogens with one attached hydrogen (secondary N) is 1. The average molecular weight is 288 g/mol. The molecule has 2 aromatic rings. The summed E-state index contributed by atoms with van der Waals surface area (Å²) in [5.74, 6) is -0.175. The van der Waals surface area contributed by atoms with E-state index in [9.17, 15) is 9.18 Å². The summed E-state index contributed by atoms with van der Waals surface area (Å²) in [6.07, 6.45) is 0. The number of hydrogen-bond acceptors (Lipinski definition) is 3. The van der Waals surface area contributed by atoms with E-state index in [0.29, 0.717) is 29.1 Å². The van der Waals surface area contributed by atoms with Crippen LogP contribution in [0.1, 0.15) is 22.8 Å². The van der Waals surface area contributed by atoms with Crippen molar-refractivity contribution in [3.05, 3.63) is 59.4 Å². The Bertz CT molecular complexity index is 644. The van der Waals surface area contributed by atoms with E-state index in [-0.39, 0.29) is 18.3 Å². The van der Waals surface area contributed by atoms with Crippen LogP contribution in [0.4, 0.5) is 10.1 Å². The first kappa shape index (κ1) is 14.8. The van der Waals surface area contributed by atoms with Crippen LogP contribution < -0.4 is 15.8 Å². The second-order valence-corrected chi connectivity index (χ2v) is 4.49. The Kier molecular flexibility index (Phi) is 4.77. The molecule has 0 atom stereocenters. The van der Waals surface area contributed by atoms with Crippen molar-refractivity contribution in [3.8, 4) is 5.75 Å². The molecule has 3 N–H and O–H groups in total. The molecule has 0 heterocycles. The van der Waals surface area contributed by atoms with E-state index in [1.54, 1.807) is 36.4 Å². The molecule has 0 radical (unpaired) electrons. The van der Waals surface area contributed by atoms with Crippen molar-refractivity contribution < 1.29 is 13.9 Å². The minimum Gasteiger partial charge on any atom is -0.487 e. The summed E-state index contributed by atoms with van der Waals surface area (Å²) < 4.78 is 19.1. The lowest BCUT2D eigenvalue weighted by Gasteiger charge is -2.11. The molecule has 0 saturated heterocycles. The summed E-state index contributed by atoms with van der Waals surface area (Å²) in [4.78, 5) is 11.8. The molecule has 2 aromatic carbocycles. The van der Waals surface area contributed by atoms with Crippen LogP contribution >= 0.6 is 0 Å². The maximum atomic E-state index is 13.5. The normalized spacial score (nSPS) is 10.2. The summed E-state index contributed by atoms with van der Waals surface area (Å²) in [6, 6.07) is 11.1. The van der Waals surface area contributed by atoms with Crippen LogP contribution in [0.2, 0.25) is 0 Å². The SMILES string of the molecule is CCNC(=O)c1ccc(N)c(OCc2ccccc2F)c1. The van der Waals surface area contributed by atoms with Crippen molar-refractivity contribution in [1.82, 2.24) is 5.32 Å². The predicted molar refractivity (Wildman–Crippen MR) is 79.6 cm³/mol. The number of amides is 1. The number of anilines is 1. The van der Waals surface area contributed by atoms with Crippen molar-refractivity contribution in [3.63, 3.8) is 0 Å². The van der Waals surface area contributed by atoms with Gasteiger partial charge >= 0.3 is 0 Å². The van der Waals surface area contributed by atoms with Gasteiger partial charge in [-0.1, -0.05) is 18.2 Å². The van der Waals surface area contributed by atoms with Gasteiger partial charge in [-0.25, -0.2) is 4.39 Å². The summed E-state index contributed by atoms with van der Waals surface area (Å²) in [6.45, 7) is 2.43. The number of halogens is 1. The van der Waals surface area contributed by atoms with Gasteiger partial charge in [0.1, 0.15) is 18.2 Å². The summed E-state index contributed by atoms with van der Waals surface area (Å²) >= 11 is 0. The van der Waals surface area contributed by atoms with E-state index in [4.69, 9.17) is 10.5 Å². The van der Waals surface area contributed by atoms with Crippen LogP contribution in [0.5, 0.6) is 5.75 Å². The van der Waals surface area contributed by atoms with E-state index < -0.39 is 0 Å². The molecule has 0 spiro atoms. The minimum absolute atomic E-state index is 0.0513. The number of carbonyl (C=O) groups excluding carboxylic acids is 1. The van der Waals surface area contributed by atoms with E-state index in [2.05, 4.69) is 5.32 Å². The molecule has 0 unspecified atom stereocenters. The lowest BCUT2D eigenvalue weighted by molar-refractivity contribution is 0.0955. The Morgan fingerprint density at radius 2 is 2.05 bits per heavy atom. The van der Waals surface area contributed by atoms with E-state index in [0.717, 1.165) is 0 Å². The molecule has 0 bridgehead atoms. The lowest BCUT2D eigenvalue weighted by Crippen LogP contribution is -2.22. The average Bonchev–Trinajstić information content (AvgIpc) is 2.48. The molecular formula is C16H17FN2O2. The van der Waals surface area contributed by atoms with Gasteiger partial charge in [0, 0.05) is 17.7 Å². The van der Waals surface area contributed by atoms with Crippen molar-refractivity contribution in [2.75, 3.05) is 12.3 Å². The molecule has 0 aliphatic carbocycles. The third kappa shape index (κ3) is 3.72. The fraction of sp³-hybridized carbons (Fsp3) is 0.188. The van der Waals surface area contributed by atoms with Gasteiger partial charge in [0.2, 0.25) is 0 Å². The van der Waals surface area contributed by atoms with Crippen LogP contribution in [-0.2, 0) is 6.61 Å².